The Labute approximate surface area is 152 Å². The van der Waals surface area contributed by atoms with E-state index in [9.17, 15) is 4.79 Å². The smallest absolute Gasteiger partial charge is 0.277 e. The Hall–Kier alpha value is -3.21. The first kappa shape index (κ1) is 16.3. The molecule has 0 saturated carbocycles. The molecule has 1 atom stereocenters. The van der Waals surface area contributed by atoms with Crippen molar-refractivity contribution in [3.63, 3.8) is 0 Å². The maximum Gasteiger partial charge on any atom is 0.277 e. The lowest BCUT2D eigenvalue weighted by atomic mass is 10.1. The van der Waals surface area contributed by atoms with Gasteiger partial charge in [0.2, 0.25) is 5.95 Å². The number of nitrogens with one attached hydrogen (secondary N) is 1. The molecule has 0 fully saturated rings. The van der Waals surface area contributed by atoms with Crippen LogP contribution >= 0.6 is 0 Å². The third-order valence-corrected chi connectivity index (χ3v) is 4.61. The standard InChI is InChI=1S/C21H20N4O/c1-14-7-9-17(10-8-14)23-21-22-12-11-18(24-21)20(26)25-15(2)13-16-5-3-4-6-19(16)25/h3-12,15H,13H2,1-2H3,(H,22,23,24). The lowest BCUT2D eigenvalue weighted by Crippen LogP contribution is -2.36. The minimum atomic E-state index is -0.100. The number of hydrogen-bond acceptors (Lipinski definition) is 4. The average Bonchev–Trinajstić information content (AvgIpc) is 2.99. The molecule has 2 heterocycles. The molecule has 0 spiro atoms. The van der Waals surface area contributed by atoms with Crippen LogP contribution in [0.3, 0.4) is 0 Å². The third kappa shape index (κ3) is 3.04. The summed E-state index contributed by atoms with van der Waals surface area (Å²) in [5, 5.41) is 3.15. The quantitative estimate of drug-likeness (QED) is 0.776. The Bertz CT molecular complexity index is 952. The molecule has 1 aromatic heterocycles. The number of fused-ring (bicyclic) bond motifs is 1. The summed E-state index contributed by atoms with van der Waals surface area (Å²) in [5.41, 5.74) is 4.62. The molecule has 130 valence electrons. The average molecular weight is 344 g/mol. The number of nitrogens with zero attached hydrogens (tertiary/aromatic N) is 3. The Kier molecular flexibility index (Phi) is 4.13. The van der Waals surface area contributed by atoms with E-state index in [-0.39, 0.29) is 11.9 Å². The molecule has 1 amide bonds. The molecular weight excluding hydrogens is 324 g/mol. The molecule has 2 aromatic carbocycles. The van der Waals surface area contributed by atoms with E-state index in [1.807, 2.05) is 54.3 Å². The van der Waals surface area contributed by atoms with Gasteiger partial charge in [-0.1, -0.05) is 35.9 Å². The molecule has 3 aromatic rings. The molecule has 1 aliphatic heterocycles. The van der Waals surface area contributed by atoms with Gasteiger partial charge in [0.15, 0.2) is 0 Å². The van der Waals surface area contributed by atoms with Gasteiger partial charge >= 0.3 is 0 Å². The number of benzene rings is 2. The summed E-state index contributed by atoms with van der Waals surface area (Å²) in [7, 11) is 0. The highest BCUT2D eigenvalue weighted by molar-refractivity contribution is 6.06. The van der Waals surface area contributed by atoms with E-state index >= 15 is 0 Å². The first-order valence-corrected chi connectivity index (χ1v) is 8.70. The molecule has 1 unspecified atom stereocenters. The molecule has 26 heavy (non-hydrogen) atoms. The number of para-hydroxylation sites is 1. The Morgan fingerprint density at radius 1 is 1.12 bits per heavy atom. The molecule has 0 saturated heterocycles. The fraction of sp³-hybridized carbons (Fsp3) is 0.190. The van der Waals surface area contributed by atoms with Gasteiger partial charge in [-0.25, -0.2) is 9.97 Å². The SMILES string of the molecule is Cc1ccc(Nc2nccc(C(=O)N3c4ccccc4CC3C)n2)cc1. The normalized spacial score (nSPS) is 15.6. The van der Waals surface area contributed by atoms with Crippen LogP contribution in [0.15, 0.2) is 60.8 Å². The van der Waals surface area contributed by atoms with Crippen LogP contribution < -0.4 is 10.2 Å². The van der Waals surface area contributed by atoms with Crippen molar-refractivity contribution in [3.8, 4) is 0 Å². The van der Waals surface area contributed by atoms with Crippen molar-refractivity contribution in [3.05, 3.63) is 77.6 Å². The molecular formula is C21H20N4O. The van der Waals surface area contributed by atoms with Crippen molar-refractivity contribution < 1.29 is 4.79 Å². The number of rotatable bonds is 3. The third-order valence-electron chi connectivity index (χ3n) is 4.61. The van der Waals surface area contributed by atoms with Gasteiger partial charge < -0.3 is 10.2 Å². The summed E-state index contributed by atoms with van der Waals surface area (Å²) in [6.45, 7) is 4.10. The van der Waals surface area contributed by atoms with Gasteiger partial charge in [-0.2, -0.15) is 0 Å². The van der Waals surface area contributed by atoms with Crippen molar-refractivity contribution in [2.45, 2.75) is 26.3 Å². The predicted octanol–water partition coefficient (Wildman–Crippen LogP) is 4.12. The number of aryl methyl sites for hydroxylation is 1. The Balaban J connectivity index is 1.60. The number of anilines is 3. The monoisotopic (exact) mass is 344 g/mol. The fourth-order valence-electron chi connectivity index (χ4n) is 3.30. The van der Waals surface area contributed by atoms with Crippen LogP contribution in [0.1, 0.15) is 28.5 Å². The van der Waals surface area contributed by atoms with E-state index in [0.29, 0.717) is 11.6 Å². The van der Waals surface area contributed by atoms with E-state index in [4.69, 9.17) is 0 Å². The van der Waals surface area contributed by atoms with Crippen molar-refractivity contribution in [1.82, 2.24) is 9.97 Å². The molecule has 5 heteroatoms. The van der Waals surface area contributed by atoms with E-state index in [1.165, 1.54) is 11.1 Å². The van der Waals surface area contributed by atoms with E-state index in [1.54, 1.807) is 12.3 Å². The van der Waals surface area contributed by atoms with Gasteiger partial charge in [-0.3, -0.25) is 4.79 Å². The van der Waals surface area contributed by atoms with E-state index in [0.717, 1.165) is 17.8 Å². The second-order valence-electron chi connectivity index (χ2n) is 6.61. The van der Waals surface area contributed by atoms with Crippen LogP contribution in [-0.4, -0.2) is 21.9 Å². The maximum atomic E-state index is 13.1. The second-order valence-corrected chi connectivity index (χ2v) is 6.61. The summed E-state index contributed by atoms with van der Waals surface area (Å²) < 4.78 is 0. The predicted molar refractivity (Wildman–Crippen MR) is 103 cm³/mol. The molecule has 4 rings (SSSR count). The minimum Gasteiger partial charge on any atom is -0.324 e. The lowest BCUT2D eigenvalue weighted by Gasteiger charge is -2.22. The molecule has 1 N–H and O–H groups in total. The summed E-state index contributed by atoms with van der Waals surface area (Å²) in [4.78, 5) is 23.6. The zero-order valence-corrected chi connectivity index (χ0v) is 14.8. The molecule has 0 radical (unpaired) electrons. The van der Waals surface area contributed by atoms with E-state index in [2.05, 4.69) is 28.3 Å². The van der Waals surface area contributed by atoms with Gasteiger partial charge in [0.1, 0.15) is 5.69 Å². The van der Waals surface area contributed by atoms with Gasteiger partial charge in [0, 0.05) is 23.6 Å². The van der Waals surface area contributed by atoms with Crippen LogP contribution in [0.4, 0.5) is 17.3 Å². The minimum absolute atomic E-state index is 0.100. The molecule has 0 bridgehead atoms. The Morgan fingerprint density at radius 2 is 1.88 bits per heavy atom. The van der Waals surface area contributed by atoms with Crippen LogP contribution in [0, 0.1) is 6.92 Å². The zero-order chi connectivity index (χ0) is 18.1. The number of aromatic nitrogens is 2. The molecule has 5 nitrogen and oxygen atoms in total. The van der Waals surface area contributed by atoms with Gasteiger partial charge in [-0.15, -0.1) is 0 Å². The number of carbonyl (C=O) groups excluding carboxylic acids is 1. The summed E-state index contributed by atoms with van der Waals surface area (Å²) in [5.74, 6) is 0.316. The second kappa shape index (κ2) is 6.59. The largest absolute Gasteiger partial charge is 0.324 e. The number of hydrogen-bond donors (Lipinski definition) is 1. The van der Waals surface area contributed by atoms with E-state index < -0.39 is 0 Å². The van der Waals surface area contributed by atoms with Crippen LogP contribution in [-0.2, 0) is 6.42 Å². The maximum absolute atomic E-state index is 13.1. The molecule has 1 aliphatic rings. The number of amides is 1. The lowest BCUT2D eigenvalue weighted by molar-refractivity contribution is 0.0976. The summed E-state index contributed by atoms with van der Waals surface area (Å²) in [6, 6.07) is 17.8. The van der Waals surface area contributed by atoms with Crippen molar-refractivity contribution in [1.29, 1.82) is 0 Å². The zero-order valence-electron chi connectivity index (χ0n) is 14.8. The fourth-order valence-corrected chi connectivity index (χ4v) is 3.30. The van der Waals surface area contributed by atoms with Crippen molar-refractivity contribution in [2.24, 2.45) is 0 Å². The van der Waals surface area contributed by atoms with Crippen LogP contribution in [0.25, 0.3) is 0 Å². The number of carbonyl (C=O) groups is 1. The van der Waals surface area contributed by atoms with Crippen molar-refractivity contribution >= 4 is 23.2 Å². The molecule has 0 aliphatic carbocycles. The highest BCUT2D eigenvalue weighted by Gasteiger charge is 2.31. The summed E-state index contributed by atoms with van der Waals surface area (Å²) >= 11 is 0. The van der Waals surface area contributed by atoms with Gasteiger partial charge in [0.25, 0.3) is 5.91 Å². The topological polar surface area (TPSA) is 58.1 Å². The van der Waals surface area contributed by atoms with Gasteiger partial charge in [-0.05, 0) is 50.1 Å². The summed E-state index contributed by atoms with van der Waals surface area (Å²) in [6.07, 6.45) is 2.48. The van der Waals surface area contributed by atoms with Crippen molar-refractivity contribution in [2.75, 3.05) is 10.2 Å². The highest BCUT2D eigenvalue weighted by atomic mass is 16.2. The first-order chi connectivity index (χ1) is 12.6. The van der Waals surface area contributed by atoms with Crippen LogP contribution in [0.2, 0.25) is 0 Å². The Morgan fingerprint density at radius 3 is 2.69 bits per heavy atom. The van der Waals surface area contributed by atoms with Gasteiger partial charge in [0.05, 0.1) is 0 Å². The first-order valence-electron chi connectivity index (χ1n) is 8.70. The highest BCUT2D eigenvalue weighted by Crippen LogP contribution is 2.32. The van der Waals surface area contributed by atoms with Crippen LogP contribution in [0.5, 0.6) is 0 Å².